The Kier molecular flexibility index (Phi) is 5.84. The van der Waals surface area contributed by atoms with E-state index in [9.17, 15) is 0 Å². The van der Waals surface area contributed by atoms with Crippen LogP contribution in [0.2, 0.25) is 0 Å². The summed E-state index contributed by atoms with van der Waals surface area (Å²) in [5.41, 5.74) is 10.2. The smallest absolute Gasteiger partial charge is 0.0935 e. The third-order valence-electron chi connectivity index (χ3n) is 6.08. The van der Waals surface area contributed by atoms with E-state index in [4.69, 9.17) is 10.1 Å². The molecule has 0 saturated heterocycles. The minimum Gasteiger partial charge on any atom is -0.276 e. The minimum atomic E-state index is 0. The molecular formula is C24H32N4. The van der Waals surface area contributed by atoms with Crippen LogP contribution in [0, 0.1) is 18.8 Å². The molecule has 0 aromatic carbocycles. The maximum absolute atomic E-state index is 4.80. The molecule has 1 saturated carbocycles. The number of rotatable bonds is 4. The Labute approximate surface area is 169 Å². The van der Waals surface area contributed by atoms with E-state index in [1.165, 1.54) is 43.2 Å². The molecule has 0 bridgehead atoms. The van der Waals surface area contributed by atoms with Crippen LogP contribution < -0.4 is 5.43 Å². The number of hydrazone groups is 1. The lowest BCUT2D eigenvalue weighted by atomic mass is 9.77. The third kappa shape index (κ3) is 4.01. The van der Waals surface area contributed by atoms with E-state index in [2.05, 4.69) is 42.5 Å². The molecule has 2 aliphatic rings. The molecule has 4 nitrogen and oxygen atoms in total. The lowest BCUT2D eigenvalue weighted by molar-refractivity contribution is 0.369. The van der Waals surface area contributed by atoms with Gasteiger partial charge in [0.2, 0.25) is 0 Å². The highest BCUT2D eigenvalue weighted by Gasteiger charge is 2.31. The van der Waals surface area contributed by atoms with Crippen LogP contribution >= 0.6 is 0 Å². The summed E-state index contributed by atoms with van der Waals surface area (Å²) < 4.78 is 0. The Morgan fingerprint density at radius 1 is 1.07 bits per heavy atom. The molecule has 4 rings (SSSR count). The van der Waals surface area contributed by atoms with Gasteiger partial charge >= 0.3 is 0 Å². The predicted molar refractivity (Wildman–Crippen MR) is 117 cm³/mol. The van der Waals surface area contributed by atoms with Gasteiger partial charge in [-0.05, 0) is 61.4 Å². The van der Waals surface area contributed by atoms with Crippen molar-refractivity contribution in [1.29, 1.82) is 0 Å². The van der Waals surface area contributed by atoms with Crippen molar-refractivity contribution >= 4 is 11.4 Å². The van der Waals surface area contributed by atoms with E-state index in [1.807, 2.05) is 24.5 Å². The van der Waals surface area contributed by atoms with E-state index in [0.29, 0.717) is 5.92 Å². The molecule has 1 aliphatic heterocycles. The molecule has 3 heterocycles. The number of allylic oxidation sites excluding steroid dienone is 1. The van der Waals surface area contributed by atoms with Crippen LogP contribution in [0.3, 0.4) is 0 Å². The average molecular weight is 377 g/mol. The zero-order valence-corrected chi connectivity index (χ0v) is 17.0. The monoisotopic (exact) mass is 376 g/mol. The molecule has 4 heteroatoms. The Morgan fingerprint density at radius 3 is 2.75 bits per heavy atom. The zero-order chi connectivity index (χ0) is 19.3. The van der Waals surface area contributed by atoms with Gasteiger partial charge in [0.05, 0.1) is 22.8 Å². The van der Waals surface area contributed by atoms with Gasteiger partial charge in [-0.1, -0.05) is 44.7 Å². The van der Waals surface area contributed by atoms with Crippen molar-refractivity contribution in [3.8, 4) is 0 Å². The van der Waals surface area contributed by atoms with Gasteiger partial charge < -0.3 is 0 Å². The molecule has 2 unspecified atom stereocenters. The first kappa shape index (κ1) is 18.9. The molecule has 2 atom stereocenters. The number of nitrogens with zero attached hydrogens (tertiary/aromatic N) is 3. The molecule has 28 heavy (non-hydrogen) atoms. The second kappa shape index (κ2) is 8.68. The molecule has 0 radical (unpaired) electrons. The fourth-order valence-electron chi connectivity index (χ4n) is 4.61. The standard InChI is InChI=1S/C24H30N4.H2/c1-3-7-18-8-6-9-19-20(13-12-18)24(22-14-11-17(2)16-26-22)28-27-23(19)21-10-4-5-15-25-21;/h4-5,10-11,14-16,18-19,28H,3,6-9,12-13H2,1-2H3;1H. The molecule has 2 aromatic rings. The lowest BCUT2D eigenvalue weighted by Gasteiger charge is -2.32. The predicted octanol–water partition coefficient (Wildman–Crippen LogP) is 5.75. The number of hydrogen-bond donors (Lipinski definition) is 1. The Hall–Kier alpha value is -2.49. The number of fused-ring (bicyclic) bond motifs is 1. The van der Waals surface area contributed by atoms with Gasteiger partial charge in [-0.3, -0.25) is 15.4 Å². The van der Waals surface area contributed by atoms with E-state index in [0.717, 1.165) is 41.6 Å². The first-order valence-corrected chi connectivity index (χ1v) is 10.7. The summed E-state index contributed by atoms with van der Waals surface area (Å²) in [6.45, 7) is 4.38. The van der Waals surface area contributed by atoms with Crippen LogP contribution in [-0.2, 0) is 0 Å². The first-order valence-electron chi connectivity index (χ1n) is 10.7. The highest BCUT2D eigenvalue weighted by molar-refractivity contribution is 6.04. The highest BCUT2D eigenvalue weighted by Crippen LogP contribution is 2.38. The summed E-state index contributed by atoms with van der Waals surface area (Å²) in [5.74, 6) is 1.17. The second-order valence-corrected chi connectivity index (χ2v) is 8.12. The average Bonchev–Trinajstić information content (AvgIpc) is 2.71. The molecule has 1 N–H and O–H groups in total. The van der Waals surface area contributed by atoms with Gasteiger partial charge in [-0.25, -0.2) is 0 Å². The fraction of sp³-hybridized carbons (Fsp3) is 0.458. The van der Waals surface area contributed by atoms with Crippen LogP contribution in [0.15, 0.2) is 53.4 Å². The van der Waals surface area contributed by atoms with Gasteiger partial charge in [-0.2, -0.15) is 5.10 Å². The van der Waals surface area contributed by atoms with Crippen LogP contribution in [0.4, 0.5) is 0 Å². The number of hydrogen-bond acceptors (Lipinski definition) is 4. The van der Waals surface area contributed by atoms with Crippen molar-refractivity contribution in [2.75, 3.05) is 0 Å². The van der Waals surface area contributed by atoms with E-state index >= 15 is 0 Å². The lowest BCUT2D eigenvalue weighted by Crippen LogP contribution is -2.31. The van der Waals surface area contributed by atoms with Gasteiger partial charge in [0.1, 0.15) is 0 Å². The normalized spacial score (nSPS) is 22.6. The minimum absolute atomic E-state index is 0. The molecule has 1 fully saturated rings. The summed E-state index contributed by atoms with van der Waals surface area (Å²) in [6.07, 6.45) is 12.5. The molecular weight excluding hydrogens is 344 g/mol. The van der Waals surface area contributed by atoms with Crippen molar-refractivity contribution in [3.05, 3.63) is 65.2 Å². The highest BCUT2D eigenvalue weighted by atomic mass is 15.3. The van der Waals surface area contributed by atoms with Crippen molar-refractivity contribution in [1.82, 2.24) is 15.4 Å². The number of aromatic nitrogens is 2. The van der Waals surface area contributed by atoms with E-state index < -0.39 is 0 Å². The van der Waals surface area contributed by atoms with Crippen molar-refractivity contribution in [2.24, 2.45) is 16.9 Å². The maximum atomic E-state index is 4.80. The summed E-state index contributed by atoms with van der Waals surface area (Å²) in [7, 11) is 0. The van der Waals surface area contributed by atoms with Crippen molar-refractivity contribution < 1.29 is 1.43 Å². The van der Waals surface area contributed by atoms with Crippen LogP contribution in [0.1, 0.15) is 70.2 Å². The quantitative estimate of drug-likeness (QED) is 0.739. The van der Waals surface area contributed by atoms with Crippen LogP contribution in [0.5, 0.6) is 0 Å². The molecule has 0 spiro atoms. The number of nitrogens with one attached hydrogen (secondary N) is 1. The molecule has 148 valence electrons. The van der Waals surface area contributed by atoms with E-state index in [1.54, 1.807) is 0 Å². The topological polar surface area (TPSA) is 50.2 Å². The third-order valence-corrected chi connectivity index (χ3v) is 6.08. The molecule has 0 amide bonds. The summed E-state index contributed by atoms with van der Waals surface area (Å²) >= 11 is 0. The van der Waals surface area contributed by atoms with Crippen LogP contribution in [-0.4, -0.2) is 15.7 Å². The van der Waals surface area contributed by atoms with Crippen LogP contribution in [0.25, 0.3) is 5.70 Å². The second-order valence-electron chi connectivity index (χ2n) is 8.12. The van der Waals surface area contributed by atoms with Gasteiger partial charge in [-0.15, -0.1) is 0 Å². The number of aryl methyl sites for hydroxylation is 1. The molecule has 1 aliphatic carbocycles. The largest absolute Gasteiger partial charge is 0.276 e. The SMILES string of the molecule is CCCC1CCCC2C(c3ccccn3)=NNC(c3ccc(C)cn3)=C2CC1.[HH]. The van der Waals surface area contributed by atoms with Gasteiger partial charge in [0.15, 0.2) is 0 Å². The number of pyridine rings is 2. The Morgan fingerprint density at radius 2 is 2.00 bits per heavy atom. The first-order chi connectivity index (χ1) is 13.8. The van der Waals surface area contributed by atoms with Crippen molar-refractivity contribution in [2.45, 2.75) is 58.8 Å². The molecule has 2 aromatic heterocycles. The Bertz CT molecular complexity index is 858. The fourth-order valence-corrected chi connectivity index (χ4v) is 4.61. The van der Waals surface area contributed by atoms with E-state index in [-0.39, 0.29) is 1.43 Å². The van der Waals surface area contributed by atoms with Gasteiger partial charge in [0, 0.05) is 19.7 Å². The maximum Gasteiger partial charge on any atom is 0.0935 e. The zero-order valence-electron chi connectivity index (χ0n) is 17.0. The summed E-state index contributed by atoms with van der Waals surface area (Å²) in [5, 5.41) is 4.80. The van der Waals surface area contributed by atoms with Gasteiger partial charge in [0.25, 0.3) is 0 Å². The summed E-state index contributed by atoms with van der Waals surface area (Å²) in [4.78, 5) is 9.29. The Balaban J connectivity index is 0.00000240. The summed E-state index contributed by atoms with van der Waals surface area (Å²) in [6, 6.07) is 10.3. The van der Waals surface area contributed by atoms with Crippen molar-refractivity contribution in [3.63, 3.8) is 0 Å².